The first kappa shape index (κ1) is 26.1. The van der Waals surface area contributed by atoms with Crippen molar-refractivity contribution in [1.82, 2.24) is 5.06 Å². The summed E-state index contributed by atoms with van der Waals surface area (Å²) in [5.74, 6) is -0.861. The molecule has 6 rings (SSSR count). The predicted octanol–water partition coefficient (Wildman–Crippen LogP) is 4.65. The van der Waals surface area contributed by atoms with Gasteiger partial charge in [-0.15, -0.1) is 0 Å². The average Bonchev–Trinajstić information content (AvgIpc) is 3.56. The number of hydrogen-bond donors (Lipinski definition) is 0. The van der Waals surface area contributed by atoms with Gasteiger partial charge in [0.1, 0.15) is 24.4 Å². The van der Waals surface area contributed by atoms with E-state index in [1.165, 1.54) is 0 Å². The SMILES string of the molecule is CC1(C)O[C@H]2O[C@H]([C@H]3[C@@H]([N+](=O)[O-])[C@H](c4ccccc4)ON3Cc3ccccc3)[C@H](OCc3ccccc3)[C@H]2O1. The fourth-order valence-corrected chi connectivity index (χ4v) is 5.76. The van der Waals surface area contributed by atoms with Crippen LogP contribution < -0.4 is 0 Å². The van der Waals surface area contributed by atoms with Crippen LogP contribution in [0.1, 0.15) is 36.6 Å². The standard InChI is InChI=1S/C30H32N2O7/c1-30(2)37-28-27(35-19-21-14-8-4-9-15-21)26(36-29(28)38-30)23-24(32(33)34)25(22-16-10-5-11-17-22)39-31(23)18-20-12-6-3-7-13-20/h3-17,23-29H,18-19H2,1-2H3/t23-,24-,25+,26-,27+,28-,29-/m1/s1. The molecule has 0 amide bonds. The average molecular weight is 533 g/mol. The fourth-order valence-electron chi connectivity index (χ4n) is 5.76. The first-order valence-electron chi connectivity index (χ1n) is 13.2. The number of fused-ring (bicyclic) bond motifs is 1. The highest BCUT2D eigenvalue weighted by Gasteiger charge is 2.64. The summed E-state index contributed by atoms with van der Waals surface area (Å²) in [6, 6.07) is 27.0. The third-order valence-electron chi connectivity index (χ3n) is 7.44. The second kappa shape index (κ2) is 10.8. The third-order valence-corrected chi connectivity index (χ3v) is 7.44. The van der Waals surface area contributed by atoms with Crippen LogP contribution in [0.15, 0.2) is 91.0 Å². The lowest BCUT2D eigenvalue weighted by atomic mass is 9.91. The molecule has 3 saturated heterocycles. The van der Waals surface area contributed by atoms with E-state index in [0.29, 0.717) is 13.2 Å². The van der Waals surface area contributed by atoms with E-state index in [2.05, 4.69) is 0 Å². The maximum absolute atomic E-state index is 12.7. The molecule has 204 valence electrons. The number of hydrogen-bond acceptors (Lipinski definition) is 8. The molecule has 3 aromatic carbocycles. The highest BCUT2D eigenvalue weighted by atomic mass is 16.8. The Labute approximate surface area is 227 Å². The first-order valence-corrected chi connectivity index (χ1v) is 13.2. The van der Waals surface area contributed by atoms with Crippen molar-refractivity contribution >= 4 is 0 Å². The van der Waals surface area contributed by atoms with E-state index in [0.717, 1.165) is 16.7 Å². The maximum atomic E-state index is 12.7. The highest BCUT2D eigenvalue weighted by molar-refractivity contribution is 5.22. The van der Waals surface area contributed by atoms with Crippen molar-refractivity contribution in [3.8, 4) is 0 Å². The molecule has 0 radical (unpaired) electrons. The zero-order valence-electron chi connectivity index (χ0n) is 21.9. The van der Waals surface area contributed by atoms with Crippen LogP contribution in [-0.2, 0) is 36.9 Å². The molecule has 0 bridgehead atoms. The molecular weight excluding hydrogens is 500 g/mol. The summed E-state index contributed by atoms with van der Waals surface area (Å²) >= 11 is 0. The van der Waals surface area contributed by atoms with E-state index in [9.17, 15) is 10.1 Å². The third kappa shape index (κ3) is 5.34. The Morgan fingerprint density at radius 1 is 0.872 bits per heavy atom. The molecule has 7 atom stereocenters. The molecule has 0 N–H and O–H groups in total. The topological polar surface area (TPSA) is 92.5 Å². The summed E-state index contributed by atoms with van der Waals surface area (Å²) in [6.45, 7) is 4.29. The zero-order valence-corrected chi connectivity index (χ0v) is 21.9. The smallest absolute Gasteiger partial charge is 0.265 e. The molecule has 0 spiro atoms. The second-order valence-electron chi connectivity index (χ2n) is 10.6. The predicted molar refractivity (Wildman–Crippen MR) is 141 cm³/mol. The van der Waals surface area contributed by atoms with E-state index in [-0.39, 0.29) is 4.92 Å². The Bertz CT molecular complexity index is 1260. The molecule has 3 aliphatic heterocycles. The second-order valence-corrected chi connectivity index (χ2v) is 10.6. The molecule has 9 nitrogen and oxygen atoms in total. The monoisotopic (exact) mass is 532 g/mol. The van der Waals surface area contributed by atoms with E-state index < -0.39 is 48.6 Å². The van der Waals surface area contributed by atoms with E-state index >= 15 is 0 Å². The quantitative estimate of drug-likeness (QED) is 0.306. The lowest BCUT2D eigenvalue weighted by Gasteiger charge is -2.32. The summed E-state index contributed by atoms with van der Waals surface area (Å²) in [5.41, 5.74) is 2.68. The van der Waals surface area contributed by atoms with Gasteiger partial charge in [0.2, 0.25) is 0 Å². The minimum Gasteiger partial charge on any atom is -0.368 e. The van der Waals surface area contributed by atoms with Gasteiger partial charge < -0.3 is 18.9 Å². The summed E-state index contributed by atoms with van der Waals surface area (Å²) in [7, 11) is 0. The van der Waals surface area contributed by atoms with Gasteiger partial charge in [-0.3, -0.25) is 15.0 Å². The summed E-state index contributed by atoms with van der Waals surface area (Å²) < 4.78 is 25.2. The number of nitro groups is 1. The van der Waals surface area contributed by atoms with Gasteiger partial charge in [-0.1, -0.05) is 91.0 Å². The lowest BCUT2D eigenvalue weighted by molar-refractivity contribution is -0.533. The van der Waals surface area contributed by atoms with Crippen LogP contribution in [0.5, 0.6) is 0 Å². The van der Waals surface area contributed by atoms with Gasteiger partial charge in [0.05, 0.1) is 6.61 Å². The number of nitrogens with zero attached hydrogens (tertiary/aromatic N) is 2. The number of ether oxygens (including phenoxy) is 4. The normalized spacial score (nSPS) is 31.8. The van der Waals surface area contributed by atoms with Gasteiger partial charge in [0.25, 0.3) is 6.04 Å². The molecule has 3 aliphatic rings. The largest absolute Gasteiger partial charge is 0.368 e. The van der Waals surface area contributed by atoms with Crippen LogP contribution in [0.3, 0.4) is 0 Å². The Kier molecular flexibility index (Phi) is 7.20. The zero-order chi connectivity index (χ0) is 27.0. The number of rotatable bonds is 8. The molecule has 0 aromatic heterocycles. The van der Waals surface area contributed by atoms with E-state index in [1.54, 1.807) is 5.06 Å². The van der Waals surface area contributed by atoms with Crippen molar-refractivity contribution in [2.24, 2.45) is 0 Å². The molecule has 0 unspecified atom stereocenters. The van der Waals surface area contributed by atoms with Crippen molar-refractivity contribution in [2.75, 3.05) is 0 Å². The van der Waals surface area contributed by atoms with Crippen molar-refractivity contribution in [3.63, 3.8) is 0 Å². The lowest BCUT2D eigenvalue weighted by Crippen LogP contribution is -2.53. The first-order chi connectivity index (χ1) is 18.9. The van der Waals surface area contributed by atoms with Crippen molar-refractivity contribution < 1.29 is 28.7 Å². The van der Waals surface area contributed by atoms with Crippen LogP contribution in [0.25, 0.3) is 0 Å². The molecule has 9 heteroatoms. The maximum Gasteiger partial charge on any atom is 0.265 e. The van der Waals surface area contributed by atoms with Crippen LogP contribution >= 0.6 is 0 Å². The minimum atomic E-state index is -1.12. The Hall–Kier alpha value is -3.18. The van der Waals surface area contributed by atoms with Gasteiger partial charge in [-0.05, 0) is 30.5 Å². The Balaban J connectivity index is 1.36. The molecule has 3 heterocycles. The van der Waals surface area contributed by atoms with Crippen LogP contribution in [0, 0.1) is 10.1 Å². The molecule has 0 saturated carbocycles. The molecular formula is C30H32N2O7. The van der Waals surface area contributed by atoms with Crippen LogP contribution in [0.2, 0.25) is 0 Å². The van der Waals surface area contributed by atoms with Gasteiger partial charge in [0.15, 0.2) is 18.2 Å². The molecule has 0 aliphatic carbocycles. The van der Waals surface area contributed by atoms with Crippen molar-refractivity contribution in [1.29, 1.82) is 0 Å². The Morgan fingerprint density at radius 2 is 1.49 bits per heavy atom. The summed E-state index contributed by atoms with van der Waals surface area (Å²) in [6.07, 6.45) is -3.43. The van der Waals surface area contributed by atoms with Crippen LogP contribution in [-0.4, -0.2) is 52.5 Å². The van der Waals surface area contributed by atoms with Crippen molar-refractivity contribution in [2.45, 2.75) is 75.6 Å². The minimum absolute atomic E-state index is 0.259. The van der Waals surface area contributed by atoms with Crippen molar-refractivity contribution in [3.05, 3.63) is 118 Å². The number of hydroxylamine groups is 2. The Morgan fingerprint density at radius 3 is 2.13 bits per heavy atom. The summed E-state index contributed by atoms with van der Waals surface area (Å²) in [5, 5.41) is 14.4. The molecule has 3 fully saturated rings. The summed E-state index contributed by atoms with van der Waals surface area (Å²) in [4.78, 5) is 18.9. The van der Waals surface area contributed by atoms with Gasteiger partial charge in [-0.25, -0.2) is 0 Å². The molecule has 39 heavy (non-hydrogen) atoms. The van der Waals surface area contributed by atoms with E-state index in [4.69, 9.17) is 23.8 Å². The fraction of sp³-hybridized carbons (Fsp3) is 0.400. The number of benzene rings is 3. The van der Waals surface area contributed by atoms with Gasteiger partial charge >= 0.3 is 0 Å². The van der Waals surface area contributed by atoms with E-state index in [1.807, 2.05) is 105 Å². The molecule has 3 aromatic rings. The van der Waals surface area contributed by atoms with Gasteiger partial charge in [-0.2, -0.15) is 5.06 Å². The van der Waals surface area contributed by atoms with Crippen LogP contribution in [0.4, 0.5) is 0 Å². The van der Waals surface area contributed by atoms with Gasteiger partial charge in [0, 0.05) is 11.5 Å². The highest BCUT2D eigenvalue weighted by Crippen LogP contribution is 2.46.